The van der Waals surface area contributed by atoms with Gasteiger partial charge in [0.25, 0.3) is 0 Å². The number of halogens is 1. The van der Waals surface area contributed by atoms with Crippen molar-refractivity contribution < 1.29 is 9.59 Å². The van der Waals surface area contributed by atoms with E-state index in [0.29, 0.717) is 18.1 Å². The van der Waals surface area contributed by atoms with E-state index in [-0.39, 0.29) is 18.2 Å². The van der Waals surface area contributed by atoms with Crippen LogP contribution in [0.25, 0.3) is 0 Å². The molecule has 1 atom stereocenters. The molecule has 5 heteroatoms. The van der Waals surface area contributed by atoms with Gasteiger partial charge in [-0.15, -0.1) is 0 Å². The van der Waals surface area contributed by atoms with Gasteiger partial charge in [-0.05, 0) is 50.5 Å². The Bertz CT molecular complexity index is 815. The van der Waals surface area contributed by atoms with E-state index >= 15 is 0 Å². The number of amides is 2. The summed E-state index contributed by atoms with van der Waals surface area (Å²) in [6.45, 7) is 8.75. The van der Waals surface area contributed by atoms with Crippen molar-refractivity contribution in [3.63, 3.8) is 0 Å². The number of rotatable bonds is 8. The summed E-state index contributed by atoms with van der Waals surface area (Å²) in [5, 5.41) is 3.50. The van der Waals surface area contributed by atoms with Crippen LogP contribution >= 0.6 is 11.6 Å². The monoisotopic (exact) mass is 400 g/mol. The summed E-state index contributed by atoms with van der Waals surface area (Å²) in [5.41, 5.74) is 4.10. The van der Waals surface area contributed by atoms with Gasteiger partial charge in [0, 0.05) is 18.1 Å². The van der Waals surface area contributed by atoms with Crippen molar-refractivity contribution in [1.29, 1.82) is 0 Å². The zero-order valence-electron chi connectivity index (χ0n) is 17.1. The summed E-state index contributed by atoms with van der Waals surface area (Å²) in [7, 11) is 0. The minimum Gasteiger partial charge on any atom is -0.354 e. The van der Waals surface area contributed by atoms with Gasteiger partial charge >= 0.3 is 0 Å². The Labute approximate surface area is 172 Å². The summed E-state index contributed by atoms with van der Waals surface area (Å²) >= 11 is 6.10. The van der Waals surface area contributed by atoms with Crippen molar-refractivity contribution in [2.24, 2.45) is 0 Å². The number of hydrogen-bond donors (Lipinski definition) is 1. The first-order valence-electron chi connectivity index (χ1n) is 9.69. The molecule has 0 heterocycles. The molecule has 0 aliphatic rings. The number of hydrogen-bond acceptors (Lipinski definition) is 2. The van der Waals surface area contributed by atoms with Crippen LogP contribution in [-0.4, -0.2) is 29.3 Å². The average Bonchev–Trinajstić information content (AvgIpc) is 2.62. The second-order valence-corrected chi connectivity index (χ2v) is 7.73. The van der Waals surface area contributed by atoms with Gasteiger partial charge in [-0.25, -0.2) is 0 Å². The highest BCUT2D eigenvalue weighted by Gasteiger charge is 2.26. The molecule has 0 aromatic heterocycles. The molecule has 1 N–H and O–H groups in total. The summed E-state index contributed by atoms with van der Waals surface area (Å²) in [6, 6.07) is 12.9. The highest BCUT2D eigenvalue weighted by atomic mass is 35.5. The van der Waals surface area contributed by atoms with Crippen molar-refractivity contribution >= 4 is 23.4 Å². The van der Waals surface area contributed by atoms with Crippen molar-refractivity contribution in [2.45, 2.75) is 53.1 Å². The summed E-state index contributed by atoms with van der Waals surface area (Å²) < 4.78 is 0. The van der Waals surface area contributed by atoms with Gasteiger partial charge in [0.15, 0.2) is 0 Å². The van der Waals surface area contributed by atoms with Crippen LogP contribution < -0.4 is 5.32 Å². The molecule has 0 fully saturated rings. The Hall–Kier alpha value is -2.33. The highest BCUT2D eigenvalue weighted by Crippen LogP contribution is 2.17. The molecule has 0 aliphatic carbocycles. The number of benzene rings is 2. The molecular formula is C23H29ClN2O2. The molecule has 2 amide bonds. The Morgan fingerprint density at radius 1 is 1.07 bits per heavy atom. The Balaban J connectivity index is 2.24. The molecule has 0 unspecified atom stereocenters. The topological polar surface area (TPSA) is 49.4 Å². The Morgan fingerprint density at radius 2 is 1.75 bits per heavy atom. The number of nitrogens with one attached hydrogen (secondary N) is 1. The van der Waals surface area contributed by atoms with Crippen molar-refractivity contribution in [3.05, 3.63) is 69.7 Å². The zero-order valence-corrected chi connectivity index (χ0v) is 17.8. The lowest BCUT2D eigenvalue weighted by Crippen LogP contribution is -2.48. The third-order valence-corrected chi connectivity index (χ3v) is 4.83. The molecule has 0 saturated carbocycles. The van der Waals surface area contributed by atoms with Gasteiger partial charge in [0.1, 0.15) is 6.04 Å². The first-order valence-corrected chi connectivity index (χ1v) is 10.1. The maximum absolute atomic E-state index is 13.2. The minimum atomic E-state index is -0.566. The number of aryl methyl sites for hydroxylation is 2. The molecule has 4 nitrogen and oxygen atoms in total. The van der Waals surface area contributed by atoms with Crippen LogP contribution in [0.4, 0.5) is 0 Å². The Morgan fingerprint density at radius 3 is 2.36 bits per heavy atom. The lowest BCUT2D eigenvalue weighted by atomic mass is 10.0. The molecule has 2 aromatic rings. The van der Waals surface area contributed by atoms with Gasteiger partial charge in [-0.2, -0.15) is 0 Å². The molecule has 28 heavy (non-hydrogen) atoms. The van der Waals surface area contributed by atoms with E-state index in [2.05, 4.69) is 11.4 Å². The maximum atomic E-state index is 13.2. The van der Waals surface area contributed by atoms with E-state index < -0.39 is 6.04 Å². The van der Waals surface area contributed by atoms with Crippen LogP contribution in [0, 0.1) is 13.8 Å². The van der Waals surface area contributed by atoms with Crippen LogP contribution in [0.1, 0.15) is 42.5 Å². The predicted octanol–water partition coefficient (Wildman–Crippen LogP) is 4.44. The molecule has 0 saturated heterocycles. The summed E-state index contributed by atoms with van der Waals surface area (Å²) in [5.74, 6) is -0.221. The first kappa shape index (κ1) is 22.0. The summed E-state index contributed by atoms with van der Waals surface area (Å²) in [6.07, 6.45) is 1.11. The van der Waals surface area contributed by atoms with Gasteiger partial charge in [0.2, 0.25) is 11.8 Å². The molecule has 0 bridgehead atoms. The molecule has 2 rings (SSSR count). The minimum absolute atomic E-state index is 0.0795. The third-order valence-electron chi connectivity index (χ3n) is 4.60. The maximum Gasteiger partial charge on any atom is 0.242 e. The molecule has 2 aromatic carbocycles. The van der Waals surface area contributed by atoms with Crippen LogP contribution in [0.15, 0.2) is 42.5 Å². The highest BCUT2D eigenvalue weighted by molar-refractivity contribution is 6.30. The van der Waals surface area contributed by atoms with Crippen LogP contribution in [0.3, 0.4) is 0 Å². The second kappa shape index (κ2) is 10.3. The number of nitrogens with zero attached hydrogens (tertiary/aromatic N) is 1. The number of carbonyl (C=O) groups is 2. The zero-order chi connectivity index (χ0) is 20.7. The lowest BCUT2D eigenvalue weighted by Gasteiger charge is -2.29. The molecular weight excluding hydrogens is 372 g/mol. The fraction of sp³-hybridized carbons (Fsp3) is 0.391. The summed E-state index contributed by atoms with van der Waals surface area (Å²) in [4.78, 5) is 27.3. The smallest absolute Gasteiger partial charge is 0.242 e. The van der Waals surface area contributed by atoms with Gasteiger partial charge < -0.3 is 10.2 Å². The lowest BCUT2D eigenvalue weighted by molar-refractivity contribution is -0.140. The quantitative estimate of drug-likeness (QED) is 0.711. The van der Waals surface area contributed by atoms with E-state index in [1.807, 2.05) is 51.1 Å². The normalized spacial score (nSPS) is 11.8. The third kappa shape index (κ3) is 6.38. The van der Waals surface area contributed by atoms with Crippen LogP contribution in [0.2, 0.25) is 5.02 Å². The second-order valence-electron chi connectivity index (χ2n) is 7.29. The average molecular weight is 401 g/mol. The number of carbonyl (C=O) groups excluding carboxylic acids is 2. The SMILES string of the molecule is CCCNC(=O)[C@H](C)N(Cc1cccc(Cl)c1)C(=O)Cc1cc(C)cc(C)c1. The van der Waals surface area contributed by atoms with E-state index in [4.69, 9.17) is 11.6 Å². The predicted molar refractivity (Wildman–Crippen MR) is 114 cm³/mol. The largest absolute Gasteiger partial charge is 0.354 e. The van der Waals surface area contributed by atoms with Crippen molar-refractivity contribution in [2.75, 3.05) is 6.54 Å². The van der Waals surface area contributed by atoms with Gasteiger partial charge in [-0.1, -0.05) is 60.0 Å². The van der Waals surface area contributed by atoms with Gasteiger partial charge in [-0.3, -0.25) is 9.59 Å². The van der Waals surface area contributed by atoms with E-state index in [9.17, 15) is 9.59 Å². The first-order chi connectivity index (χ1) is 13.3. The standard InChI is InChI=1S/C23H29ClN2O2/c1-5-9-25-23(28)18(4)26(15-19-7-6-8-21(24)13-19)22(27)14-20-11-16(2)10-17(3)12-20/h6-8,10-13,18H,5,9,14-15H2,1-4H3,(H,25,28)/t18-/m0/s1. The fourth-order valence-electron chi connectivity index (χ4n) is 3.26. The molecule has 150 valence electrons. The van der Waals surface area contributed by atoms with Crippen molar-refractivity contribution in [3.8, 4) is 0 Å². The van der Waals surface area contributed by atoms with E-state index in [1.54, 1.807) is 17.9 Å². The Kier molecular flexibility index (Phi) is 8.06. The van der Waals surface area contributed by atoms with Crippen molar-refractivity contribution in [1.82, 2.24) is 10.2 Å². The molecule has 0 aliphatic heterocycles. The molecule has 0 spiro atoms. The van der Waals surface area contributed by atoms with E-state index in [1.165, 1.54) is 0 Å². The molecule has 0 radical (unpaired) electrons. The van der Waals surface area contributed by atoms with E-state index in [0.717, 1.165) is 28.7 Å². The van der Waals surface area contributed by atoms with Gasteiger partial charge in [0.05, 0.1) is 6.42 Å². The van der Waals surface area contributed by atoms with Crippen LogP contribution in [-0.2, 0) is 22.6 Å². The fourth-order valence-corrected chi connectivity index (χ4v) is 3.47. The van der Waals surface area contributed by atoms with Crippen LogP contribution in [0.5, 0.6) is 0 Å².